The van der Waals surface area contributed by atoms with Gasteiger partial charge in [-0.05, 0) is 31.8 Å². The molecule has 90 valence electrons. The van der Waals surface area contributed by atoms with Gasteiger partial charge < -0.3 is 5.32 Å². The Hall–Kier alpha value is -0.880. The SMILES string of the molecule is CS(=O)(=O)c1cnn(CCC2CCNC2)c1. The summed E-state index contributed by atoms with van der Waals surface area (Å²) in [5, 5.41) is 7.37. The normalized spacial score (nSPS) is 21.4. The molecule has 2 heterocycles. The Morgan fingerprint density at radius 3 is 3.00 bits per heavy atom. The number of sulfone groups is 1. The van der Waals surface area contributed by atoms with Crippen molar-refractivity contribution in [3.05, 3.63) is 12.4 Å². The molecule has 0 aromatic carbocycles. The second kappa shape index (κ2) is 4.55. The van der Waals surface area contributed by atoms with Crippen molar-refractivity contribution in [2.75, 3.05) is 19.3 Å². The number of hydrogen-bond acceptors (Lipinski definition) is 4. The van der Waals surface area contributed by atoms with Gasteiger partial charge in [-0.3, -0.25) is 4.68 Å². The zero-order valence-electron chi connectivity index (χ0n) is 9.39. The zero-order valence-corrected chi connectivity index (χ0v) is 10.2. The molecule has 0 bridgehead atoms. The third-order valence-electron chi connectivity index (χ3n) is 2.97. The molecule has 0 aliphatic carbocycles. The van der Waals surface area contributed by atoms with Crippen LogP contribution in [0.4, 0.5) is 0 Å². The first-order valence-corrected chi connectivity index (χ1v) is 7.38. The summed E-state index contributed by atoms with van der Waals surface area (Å²) in [4.78, 5) is 0.303. The van der Waals surface area contributed by atoms with Gasteiger partial charge >= 0.3 is 0 Å². The third-order valence-corrected chi connectivity index (χ3v) is 4.03. The van der Waals surface area contributed by atoms with Gasteiger partial charge in [-0.25, -0.2) is 8.42 Å². The Bertz CT molecular complexity index is 446. The van der Waals surface area contributed by atoms with Crippen LogP contribution in [0.25, 0.3) is 0 Å². The Morgan fingerprint density at radius 2 is 2.44 bits per heavy atom. The van der Waals surface area contributed by atoms with E-state index in [9.17, 15) is 8.42 Å². The molecular weight excluding hydrogens is 226 g/mol. The molecule has 0 spiro atoms. The molecule has 1 aromatic heterocycles. The van der Waals surface area contributed by atoms with E-state index in [4.69, 9.17) is 0 Å². The fourth-order valence-corrected chi connectivity index (χ4v) is 2.49. The van der Waals surface area contributed by atoms with Crippen molar-refractivity contribution < 1.29 is 8.42 Å². The van der Waals surface area contributed by atoms with Crippen LogP contribution in [-0.4, -0.2) is 37.5 Å². The second-order valence-electron chi connectivity index (χ2n) is 4.36. The molecular formula is C10H17N3O2S. The van der Waals surface area contributed by atoms with Gasteiger partial charge in [0.05, 0.1) is 6.20 Å². The van der Waals surface area contributed by atoms with Crippen LogP contribution in [0.5, 0.6) is 0 Å². The lowest BCUT2D eigenvalue weighted by Gasteiger charge is -2.07. The van der Waals surface area contributed by atoms with Crippen LogP contribution in [0.2, 0.25) is 0 Å². The minimum absolute atomic E-state index is 0.303. The van der Waals surface area contributed by atoms with Gasteiger partial charge in [0, 0.05) is 19.0 Å². The summed E-state index contributed by atoms with van der Waals surface area (Å²) in [5.74, 6) is 0.700. The van der Waals surface area contributed by atoms with Crippen molar-refractivity contribution in [3.63, 3.8) is 0 Å². The molecule has 1 N–H and O–H groups in total. The Balaban J connectivity index is 1.92. The van der Waals surface area contributed by atoms with Gasteiger partial charge in [-0.15, -0.1) is 0 Å². The van der Waals surface area contributed by atoms with Crippen LogP contribution in [0.1, 0.15) is 12.8 Å². The summed E-state index contributed by atoms with van der Waals surface area (Å²) in [5.41, 5.74) is 0. The van der Waals surface area contributed by atoms with E-state index in [1.807, 2.05) is 0 Å². The summed E-state index contributed by atoms with van der Waals surface area (Å²) in [7, 11) is -3.12. The topological polar surface area (TPSA) is 64.0 Å². The van der Waals surface area contributed by atoms with Crippen LogP contribution in [-0.2, 0) is 16.4 Å². The van der Waals surface area contributed by atoms with Crippen LogP contribution in [0, 0.1) is 5.92 Å². The monoisotopic (exact) mass is 243 g/mol. The van der Waals surface area contributed by atoms with E-state index in [1.54, 1.807) is 10.9 Å². The highest BCUT2D eigenvalue weighted by Gasteiger charge is 2.15. The standard InChI is InChI=1S/C10H17N3O2S/c1-16(14,15)10-7-12-13(8-10)5-3-9-2-4-11-6-9/h7-9,11H,2-6H2,1H3. The van der Waals surface area contributed by atoms with Gasteiger partial charge in [0.15, 0.2) is 9.84 Å². The molecule has 0 saturated carbocycles. The first-order valence-electron chi connectivity index (χ1n) is 5.49. The maximum Gasteiger partial charge on any atom is 0.178 e. The summed E-state index contributed by atoms with van der Waals surface area (Å²) in [6.07, 6.45) is 6.49. The molecule has 0 radical (unpaired) electrons. The van der Waals surface area contributed by atoms with E-state index < -0.39 is 9.84 Å². The van der Waals surface area contributed by atoms with E-state index in [-0.39, 0.29) is 0 Å². The van der Waals surface area contributed by atoms with Crippen LogP contribution >= 0.6 is 0 Å². The average molecular weight is 243 g/mol. The molecule has 6 heteroatoms. The highest BCUT2D eigenvalue weighted by atomic mass is 32.2. The largest absolute Gasteiger partial charge is 0.316 e. The molecule has 1 unspecified atom stereocenters. The molecule has 1 aliphatic heterocycles. The quantitative estimate of drug-likeness (QED) is 0.825. The Labute approximate surface area is 95.8 Å². The predicted octanol–water partition coefficient (Wildman–Crippen LogP) is 0.286. The van der Waals surface area contributed by atoms with Gasteiger partial charge in [0.1, 0.15) is 4.90 Å². The molecule has 2 rings (SSSR count). The highest BCUT2D eigenvalue weighted by Crippen LogP contribution is 2.14. The average Bonchev–Trinajstić information content (AvgIpc) is 2.85. The minimum Gasteiger partial charge on any atom is -0.316 e. The van der Waals surface area contributed by atoms with Gasteiger partial charge in [0.25, 0.3) is 0 Å². The molecule has 0 amide bonds. The number of aryl methyl sites for hydroxylation is 1. The molecule has 1 aromatic rings. The summed E-state index contributed by atoms with van der Waals surface area (Å²) in [6.45, 7) is 2.96. The van der Waals surface area contributed by atoms with Gasteiger partial charge in [0.2, 0.25) is 0 Å². The van der Waals surface area contributed by atoms with E-state index in [2.05, 4.69) is 10.4 Å². The van der Waals surface area contributed by atoms with Crippen molar-refractivity contribution in [1.82, 2.24) is 15.1 Å². The Kier molecular flexibility index (Phi) is 3.30. The lowest BCUT2D eigenvalue weighted by atomic mass is 10.1. The summed E-state index contributed by atoms with van der Waals surface area (Å²) >= 11 is 0. The van der Waals surface area contributed by atoms with Crippen LogP contribution < -0.4 is 5.32 Å². The van der Waals surface area contributed by atoms with E-state index in [0.717, 1.165) is 26.1 Å². The minimum atomic E-state index is -3.12. The fourth-order valence-electron chi connectivity index (χ4n) is 1.93. The van der Waals surface area contributed by atoms with Crippen molar-refractivity contribution in [2.45, 2.75) is 24.3 Å². The predicted molar refractivity (Wildman–Crippen MR) is 60.9 cm³/mol. The highest BCUT2D eigenvalue weighted by molar-refractivity contribution is 7.90. The zero-order chi connectivity index (χ0) is 11.6. The van der Waals surface area contributed by atoms with Gasteiger partial charge in [-0.1, -0.05) is 0 Å². The number of hydrogen-bond donors (Lipinski definition) is 1. The van der Waals surface area contributed by atoms with Gasteiger partial charge in [-0.2, -0.15) is 5.10 Å². The van der Waals surface area contributed by atoms with Crippen LogP contribution in [0.15, 0.2) is 17.3 Å². The lowest BCUT2D eigenvalue weighted by molar-refractivity contribution is 0.458. The van der Waals surface area contributed by atoms with E-state index >= 15 is 0 Å². The third kappa shape index (κ3) is 2.82. The maximum atomic E-state index is 11.2. The van der Waals surface area contributed by atoms with Crippen molar-refractivity contribution in [2.24, 2.45) is 5.92 Å². The molecule has 1 fully saturated rings. The molecule has 1 aliphatic rings. The Morgan fingerprint density at radius 1 is 1.62 bits per heavy atom. The molecule has 1 atom stereocenters. The van der Waals surface area contributed by atoms with E-state index in [0.29, 0.717) is 10.8 Å². The van der Waals surface area contributed by atoms with Crippen molar-refractivity contribution >= 4 is 9.84 Å². The first-order chi connectivity index (χ1) is 7.55. The number of nitrogens with one attached hydrogen (secondary N) is 1. The van der Waals surface area contributed by atoms with E-state index in [1.165, 1.54) is 18.9 Å². The summed E-state index contributed by atoms with van der Waals surface area (Å²) in [6, 6.07) is 0. The number of aromatic nitrogens is 2. The van der Waals surface area contributed by atoms with Crippen molar-refractivity contribution in [1.29, 1.82) is 0 Å². The number of rotatable bonds is 4. The first kappa shape index (κ1) is 11.6. The fraction of sp³-hybridized carbons (Fsp3) is 0.700. The molecule has 5 nitrogen and oxygen atoms in total. The lowest BCUT2D eigenvalue weighted by Crippen LogP contribution is -2.11. The van der Waals surface area contributed by atoms with Crippen molar-refractivity contribution in [3.8, 4) is 0 Å². The van der Waals surface area contributed by atoms with Crippen LogP contribution in [0.3, 0.4) is 0 Å². The summed E-state index contributed by atoms with van der Waals surface area (Å²) < 4.78 is 24.2. The maximum absolute atomic E-state index is 11.2. The smallest absolute Gasteiger partial charge is 0.178 e. The molecule has 1 saturated heterocycles. The number of nitrogens with zero attached hydrogens (tertiary/aromatic N) is 2. The second-order valence-corrected chi connectivity index (χ2v) is 6.37. The molecule has 16 heavy (non-hydrogen) atoms.